The van der Waals surface area contributed by atoms with Crippen LogP contribution >= 0.6 is 7.49 Å². The first-order valence-electron chi connectivity index (χ1n) is 13.0. The molecule has 2 saturated heterocycles. The van der Waals surface area contributed by atoms with Gasteiger partial charge in [0.25, 0.3) is 0 Å². The Hall–Kier alpha value is -2.96. The maximum atomic E-state index is 11.6. The highest BCUT2D eigenvalue weighted by molar-refractivity contribution is 7.77. The van der Waals surface area contributed by atoms with Gasteiger partial charge in [0.05, 0.1) is 43.0 Å². The Labute approximate surface area is 216 Å². The molecule has 11 heteroatoms. The number of aromatic nitrogens is 3. The normalized spacial score (nSPS) is 20.1. The van der Waals surface area contributed by atoms with Crippen LogP contribution in [0.2, 0.25) is 0 Å². The Morgan fingerprint density at radius 1 is 1.27 bits per heavy atom. The summed E-state index contributed by atoms with van der Waals surface area (Å²) in [6.07, 6.45) is 6.94. The fourth-order valence-electron chi connectivity index (χ4n) is 5.27. The van der Waals surface area contributed by atoms with E-state index in [9.17, 15) is 10.2 Å². The van der Waals surface area contributed by atoms with Gasteiger partial charge in [0, 0.05) is 50.9 Å². The fraction of sp³-hybridized carbons (Fsp3) is 0.500. The minimum absolute atomic E-state index is 0.408. The predicted octanol–water partition coefficient (Wildman–Crippen LogP) is 3.06. The average Bonchev–Trinajstić information content (AvgIpc) is 3.27. The van der Waals surface area contributed by atoms with Crippen LogP contribution in [0.4, 0.5) is 17.5 Å². The molecule has 0 unspecified atom stereocenters. The molecule has 4 N–H and O–H groups in total. The van der Waals surface area contributed by atoms with Crippen molar-refractivity contribution in [1.29, 1.82) is 5.26 Å². The van der Waals surface area contributed by atoms with Crippen LogP contribution in [0.1, 0.15) is 24.8 Å². The molecule has 1 saturated carbocycles. The van der Waals surface area contributed by atoms with Crippen molar-refractivity contribution in [2.24, 2.45) is 5.92 Å². The van der Waals surface area contributed by atoms with E-state index in [-0.39, 0.29) is 0 Å². The van der Waals surface area contributed by atoms with E-state index >= 15 is 0 Å². The summed E-state index contributed by atoms with van der Waals surface area (Å²) in [7, 11) is -0.615. The molecule has 6 rings (SSSR count). The van der Waals surface area contributed by atoms with E-state index in [1.807, 2.05) is 18.2 Å². The van der Waals surface area contributed by atoms with Crippen LogP contribution in [0.15, 0.2) is 24.4 Å². The molecule has 3 fully saturated rings. The average molecular weight is 523 g/mol. The number of H-pyrrole nitrogens is 1. The van der Waals surface area contributed by atoms with Gasteiger partial charge in [-0.2, -0.15) is 15.2 Å². The van der Waals surface area contributed by atoms with Crippen LogP contribution in [0.5, 0.6) is 5.75 Å². The molecule has 1 aromatic carbocycles. The molecule has 3 aromatic rings. The second-order valence-corrected chi connectivity index (χ2v) is 13.5. The van der Waals surface area contributed by atoms with Crippen molar-refractivity contribution in [3.63, 3.8) is 0 Å². The molecular formula is C26H33N7O3P. The van der Waals surface area contributed by atoms with Crippen LogP contribution in [0.3, 0.4) is 0 Å². The highest BCUT2D eigenvalue weighted by atomic mass is 31.2. The smallest absolute Gasteiger partial charge is 0.231 e. The number of aromatic amines is 1. The van der Waals surface area contributed by atoms with Gasteiger partial charge < -0.3 is 30.0 Å². The van der Waals surface area contributed by atoms with Gasteiger partial charge in [-0.05, 0) is 30.9 Å². The van der Waals surface area contributed by atoms with Gasteiger partial charge in [-0.1, -0.05) is 12.5 Å². The summed E-state index contributed by atoms with van der Waals surface area (Å²) in [5.41, 5.74) is 1.84. The molecule has 37 heavy (non-hydrogen) atoms. The highest BCUT2D eigenvalue weighted by Crippen LogP contribution is 2.55. The molecule has 0 spiro atoms. The van der Waals surface area contributed by atoms with Crippen molar-refractivity contribution >= 4 is 41.3 Å². The van der Waals surface area contributed by atoms with Crippen LogP contribution in [-0.2, 0) is 4.74 Å². The lowest BCUT2D eigenvalue weighted by atomic mass is 9.85. The zero-order valence-electron chi connectivity index (χ0n) is 21.0. The maximum Gasteiger partial charge on any atom is 0.231 e. The number of rotatable bonds is 8. The lowest BCUT2D eigenvalue weighted by Crippen LogP contribution is -2.53. The summed E-state index contributed by atoms with van der Waals surface area (Å²) < 4.78 is 11.1. The van der Waals surface area contributed by atoms with Gasteiger partial charge in [-0.3, -0.25) is 4.90 Å². The third kappa shape index (κ3) is 4.73. The molecule has 2 aliphatic heterocycles. The third-order valence-electron chi connectivity index (χ3n) is 8.00. The number of nitrogens with one attached hydrogen (secondary N) is 3. The molecule has 10 nitrogen and oxygen atoms in total. The first-order chi connectivity index (χ1) is 18.1. The zero-order valence-corrected chi connectivity index (χ0v) is 21.9. The second kappa shape index (κ2) is 10.1. The van der Waals surface area contributed by atoms with E-state index < -0.39 is 7.49 Å². The van der Waals surface area contributed by atoms with E-state index in [4.69, 9.17) is 14.5 Å². The van der Waals surface area contributed by atoms with Crippen LogP contribution in [0, 0.1) is 17.2 Å². The number of nitriles is 1. The summed E-state index contributed by atoms with van der Waals surface area (Å²) in [6.45, 7) is 4.22. The van der Waals surface area contributed by atoms with Crippen molar-refractivity contribution in [1.82, 2.24) is 19.9 Å². The first-order valence-corrected chi connectivity index (χ1v) is 15.1. The zero-order chi connectivity index (χ0) is 25.4. The summed E-state index contributed by atoms with van der Waals surface area (Å²) in [5, 5.41) is 18.0. The Bertz CT molecular complexity index is 1320. The van der Waals surface area contributed by atoms with Gasteiger partial charge in [0.1, 0.15) is 23.3 Å². The Kier molecular flexibility index (Phi) is 6.63. The monoisotopic (exact) mass is 522 g/mol. The minimum atomic E-state index is -2.25. The van der Waals surface area contributed by atoms with Gasteiger partial charge in [0.2, 0.25) is 5.95 Å². The lowest BCUT2D eigenvalue weighted by molar-refractivity contribution is -0.0622. The van der Waals surface area contributed by atoms with Crippen LogP contribution in [0.25, 0.3) is 11.0 Å². The number of methoxy groups -OCH3 is 1. The van der Waals surface area contributed by atoms with Crippen molar-refractivity contribution in [2.75, 3.05) is 62.9 Å². The standard InChI is InChI=1S/C26H33N7O3P/c1-35-22-11-20(37(34)9-7-33(8-10-37)19-15-36-16-19)5-6-21(22)30-26-31-24(28-13-17-3-2-4-17)23-18(12-27)14-29-25(23)32-26/h5-6,11,14,17,19,34H,2-4,7-10,13,15-16H2,1H3,(H3,28,29,30,31,32). The van der Waals surface area contributed by atoms with Crippen molar-refractivity contribution in [2.45, 2.75) is 25.3 Å². The summed E-state index contributed by atoms with van der Waals surface area (Å²) in [6, 6.07) is 8.62. The van der Waals surface area contributed by atoms with Crippen molar-refractivity contribution < 1.29 is 14.4 Å². The molecule has 2 aromatic heterocycles. The fourth-order valence-corrected chi connectivity index (χ4v) is 7.90. The van der Waals surface area contributed by atoms with Gasteiger partial charge >= 0.3 is 0 Å². The molecule has 4 heterocycles. The van der Waals surface area contributed by atoms with Crippen molar-refractivity contribution in [3.8, 4) is 11.8 Å². The minimum Gasteiger partial charge on any atom is -0.495 e. The summed E-state index contributed by atoms with van der Waals surface area (Å²) in [5.74, 6) is 2.33. The Morgan fingerprint density at radius 2 is 2.08 bits per heavy atom. The Balaban J connectivity index is 1.23. The number of hydrogen-bond donors (Lipinski definition) is 4. The van der Waals surface area contributed by atoms with E-state index in [0.29, 0.717) is 46.1 Å². The third-order valence-corrected chi connectivity index (χ3v) is 11.1. The van der Waals surface area contributed by atoms with Gasteiger partial charge in [-0.25, -0.2) is 0 Å². The first kappa shape index (κ1) is 24.4. The van der Waals surface area contributed by atoms with Crippen molar-refractivity contribution in [3.05, 3.63) is 30.0 Å². The van der Waals surface area contributed by atoms with E-state index in [1.54, 1.807) is 13.3 Å². The number of fused-ring (bicyclic) bond motifs is 1. The van der Waals surface area contributed by atoms with E-state index in [0.717, 1.165) is 56.2 Å². The number of hydrogen-bond acceptors (Lipinski definition) is 9. The quantitative estimate of drug-likeness (QED) is 0.330. The molecule has 195 valence electrons. The van der Waals surface area contributed by atoms with Crippen LogP contribution in [-0.4, -0.2) is 83.1 Å². The molecular weight excluding hydrogens is 489 g/mol. The molecule has 3 aliphatic rings. The number of nitrogens with zero attached hydrogens (tertiary/aromatic N) is 4. The maximum absolute atomic E-state index is 11.6. The molecule has 1 radical (unpaired) electrons. The van der Waals surface area contributed by atoms with Gasteiger partial charge in [0.15, 0.2) is 0 Å². The van der Waals surface area contributed by atoms with E-state index in [1.165, 1.54) is 19.3 Å². The predicted molar refractivity (Wildman–Crippen MR) is 145 cm³/mol. The molecule has 0 bridgehead atoms. The molecule has 1 aliphatic carbocycles. The second-order valence-electron chi connectivity index (χ2n) is 10.2. The lowest BCUT2D eigenvalue weighted by Gasteiger charge is -2.45. The topological polar surface area (TPSA) is 131 Å². The summed E-state index contributed by atoms with van der Waals surface area (Å²) >= 11 is 0. The van der Waals surface area contributed by atoms with Crippen LogP contribution < -0.4 is 20.7 Å². The Morgan fingerprint density at radius 3 is 2.73 bits per heavy atom. The molecule has 0 amide bonds. The molecule has 0 atom stereocenters. The highest BCUT2D eigenvalue weighted by Gasteiger charge is 2.37. The number of anilines is 3. The van der Waals surface area contributed by atoms with Gasteiger partial charge in [-0.15, -0.1) is 0 Å². The number of benzene rings is 1. The van der Waals surface area contributed by atoms with E-state index in [2.05, 4.69) is 31.6 Å². The SMILES string of the molecule is COc1cc([P]2(O)CCN(C3COC3)CC2)ccc1Nc1nc(NCC2CCC2)c2c(C#N)c[nH]c2n1. The largest absolute Gasteiger partial charge is 0.495 e. The summed E-state index contributed by atoms with van der Waals surface area (Å²) in [4.78, 5) is 26.4. The number of ether oxygens (including phenoxy) is 2.